The van der Waals surface area contributed by atoms with E-state index in [-0.39, 0.29) is 23.4 Å². The van der Waals surface area contributed by atoms with Gasteiger partial charge in [-0.15, -0.1) is 0 Å². The topological polar surface area (TPSA) is 61.2 Å². The van der Waals surface area contributed by atoms with Crippen molar-refractivity contribution in [2.45, 2.75) is 36.4 Å². The molecule has 0 N–H and O–H groups in total. The highest BCUT2D eigenvalue weighted by Crippen LogP contribution is 2.35. The van der Waals surface area contributed by atoms with Crippen LogP contribution in [0.3, 0.4) is 0 Å². The third kappa shape index (κ3) is 3.19. The average molecular weight is 318 g/mol. The SMILES string of the molecule is N#Cc1ccc(S(=O)(=O)N2CCCCC2C(F)(F)F)cc1. The average Bonchev–Trinajstić information content (AvgIpc) is 2.46. The van der Waals surface area contributed by atoms with Crippen LogP contribution >= 0.6 is 0 Å². The second kappa shape index (κ2) is 5.66. The zero-order valence-corrected chi connectivity index (χ0v) is 11.8. The van der Waals surface area contributed by atoms with E-state index >= 15 is 0 Å². The van der Waals surface area contributed by atoms with Gasteiger partial charge in [0, 0.05) is 6.54 Å². The fraction of sp³-hybridized carbons (Fsp3) is 0.462. The van der Waals surface area contributed by atoms with Crippen LogP contribution in [-0.2, 0) is 10.0 Å². The second-order valence-electron chi connectivity index (χ2n) is 4.81. The van der Waals surface area contributed by atoms with Gasteiger partial charge < -0.3 is 0 Å². The van der Waals surface area contributed by atoms with Crippen LogP contribution in [-0.4, -0.2) is 31.5 Å². The van der Waals surface area contributed by atoms with Crippen molar-refractivity contribution in [3.63, 3.8) is 0 Å². The zero-order valence-electron chi connectivity index (χ0n) is 11.0. The molecule has 4 nitrogen and oxygen atoms in total. The quantitative estimate of drug-likeness (QED) is 0.842. The van der Waals surface area contributed by atoms with Crippen LogP contribution in [0.2, 0.25) is 0 Å². The highest BCUT2D eigenvalue weighted by Gasteiger charge is 2.48. The van der Waals surface area contributed by atoms with Gasteiger partial charge in [0.2, 0.25) is 10.0 Å². The first-order valence-corrected chi connectivity index (χ1v) is 7.79. The molecule has 0 bridgehead atoms. The number of sulfonamides is 1. The summed E-state index contributed by atoms with van der Waals surface area (Å²) in [6, 6.07) is 4.73. The smallest absolute Gasteiger partial charge is 0.207 e. The zero-order chi connectivity index (χ0) is 15.7. The minimum absolute atomic E-state index is 0.146. The number of rotatable bonds is 2. The molecule has 1 aromatic rings. The van der Waals surface area contributed by atoms with Crippen molar-refractivity contribution < 1.29 is 21.6 Å². The maximum absolute atomic E-state index is 13.0. The summed E-state index contributed by atoms with van der Waals surface area (Å²) >= 11 is 0. The summed E-state index contributed by atoms with van der Waals surface area (Å²) in [6.07, 6.45) is -4.05. The maximum atomic E-state index is 13.0. The van der Waals surface area contributed by atoms with Crippen LogP contribution < -0.4 is 0 Å². The summed E-state index contributed by atoms with van der Waals surface area (Å²) in [5.41, 5.74) is 0.250. The lowest BCUT2D eigenvalue weighted by Gasteiger charge is -2.35. The Labute approximate surface area is 120 Å². The van der Waals surface area contributed by atoms with Crippen molar-refractivity contribution in [2.24, 2.45) is 0 Å². The van der Waals surface area contributed by atoms with E-state index in [2.05, 4.69) is 0 Å². The Morgan fingerprint density at radius 3 is 2.33 bits per heavy atom. The van der Waals surface area contributed by atoms with Crippen LogP contribution in [0, 0.1) is 11.3 Å². The summed E-state index contributed by atoms with van der Waals surface area (Å²) in [5.74, 6) is 0. The Bertz CT molecular complexity index is 647. The van der Waals surface area contributed by atoms with E-state index in [1.54, 1.807) is 0 Å². The number of piperidine rings is 1. The van der Waals surface area contributed by atoms with E-state index in [1.165, 1.54) is 12.1 Å². The predicted molar refractivity (Wildman–Crippen MR) is 68.7 cm³/mol. The lowest BCUT2D eigenvalue weighted by molar-refractivity contribution is -0.177. The van der Waals surface area contributed by atoms with Crippen LogP contribution in [0.25, 0.3) is 0 Å². The van der Waals surface area contributed by atoms with Crippen molar-refractivity contribution in [2.75, 3.05) is 6.54 Å². The van der Waals surface area contributed by atoms with Gasteiger partial charge in [-0.3, -0.25) is 0 Å². The first-order valence-electron chi connectivity index (χ1n) is 6.35. The summed E-state index contributed by atoms with van der Waals surface area (Å²) in [6.45, 7) is -0.146. The lowest BCUT2D eigenvalue weighted by Crippen LogP contribution is -2.51. The maximum Gasteiger partial charge on any atom is 0.405 e. The molecule has 21 heavy (non-hydrogen) atoms. The van der Waals surface area contributed by atoms with Gasteiger partial charge in [0.05, 0.1) is 16.5 Å². The molecule has 1 aliphatic heterocycles. The molecule has 8 heteroatoms. The van der Waals surface area contributed by atoms with Gasteiger partial charge in [-0.1, -0.05) is 6.42 Å². The van der Waals surface area contributed by atoms with Crippen LogP contribution in [0.15, 0.2) is 29.2 Å². The van der Waals surface area contributed by atoms with Crippen LogP contribution in [0.1, 0.15) is 24.8 Å². The number of nitrogens with zero attached hydrogens (tertiary/aromatic N) is 2. The molecule has 0 aliphatic carbocycles. The molecule has 1 aliphatic rings. The molecule has 0 amide bonds. The molecular weight excluding hydrogens is 305 g/mol. The Balaban J connectivity index is 2.38. The molecule has 114 valence electrons. The van der Waals surface area contributed by atoms with Gasteiger partial charge in [-0.25, -0.2) is 8.42 Å². The Morgan fingerprint density at radius 1 is 1.19 bits per heavy atom. The van der Waals surface area contributed by atoms with Gasteiger partial charge in [-0.2, -0.15) is 22.7 Å². The molecule has 1 fully saturated rings. The highest BCUT2D eigenvalue weighted by molar-refractivity contribution is 7.89. The van der Waals surface area contributed by atoms with E-state index in [0.717, 1.165) is 12.1 Å². The fourth-order valence-corrected chi connectivity index (χ4v) is 4.04. The Morgan fingerprint density at radius 2 is 1.81 bits per heavy atom. The standard InChI is InChI=1S/C13H13F3N2O2S/c14-13(15,16)12-3-1-2-8-18(12)21(19,20)11-6-4-10(9-17)5-7-11/h4-7,12H,1-3,8H2. The number of hydrogen-bond acceptors (Lipinski definition) is 3. The van der Waals surface area contributed by atoms with Crippen molar-refractivity contribution in [1.29, 1.82) is 5.26 Å². The molecule has 1 atom stereocenters. The van der Waals surface area contributed by atoms with Gasteiger partial charge >= 0.3 is 6.18 Å². The van der Waals surface area contributed by atoms with Gasteiger partial charge in [0.15, 0.2) is 0 Å². The number of alkyl halides is 3. The molecule has 0 radical (unpaired) electrons. The summed E-state index contributed by atoms with van der Waals surface area (Å²) in [5, 5.41) is 8.67. The van der Waals surface area contributed by atoms with E-state index < -0.39 is 22.2 Å². The number of nitriles is 1. The molecule has 0 aromatic heterocycles. The molecular formula is C13H13F3N2O2S. The first-order chi connectivity index (χ1) is 9.76. The minimum atomic E-state index is -4.58. The van der Waals surface area contributed by atoms with Gasteiger partial charge in [0.25, 0.3) is 0 Å². The molecule has 2 rings (SSSR count). The largest absolute Gasteiger partial charge is 0.405 e. The molecule has 1 unspecified atom stereocenters. The molecule has 0 spiro atoms. The van der Waals surface area contributed by atoms with Crippen molar-refractivity contribution in [3.05, 3.63) is 29.8 Å². The summed E-state index contributed by atoms with van der Waals surface area (Å²) in [4.78, 5) is -0.224. The predicted octanol–water partition coefficient (Wildman–Crippen LogP) is 2.66. The van der Waals surface area contributed by atoms with Crippen molar-refractivity contribution in [3.8, 4) is 6.07 Å². The normalized spacial score (nSPS) is 21.0. The van der Waals surface area contributed by atoms with Gasteiger partial charge in [-0.05, 0) is 37.1 Å². The van der Waals surface area contributed by atoms with Gasteiger partial charge in [0.1, 0.15) is 6.04 Å². The third-order valence-corrected chi connectivity index (χ3v) is 5.34. The highest BCUT2D eigenvalue weighted by atomic mass is 32.2. The van der Waals surface area contributed by atoms with E-state index in [0.29, 0.717) is 17.1 Å². The first kappa shape index (κ1) is 15.8. The summed E-state index contributed by atoms with van der Waals surface area (Å²) < 4.78 is 64.3. The number of hydrogen-bond donors (Lipinski definition) is 0. The number of benzene rings is 1. The van der Waals surface area contributed by atoms with Crippen molar-refractivity contribution >= 4 is 10.0 Å². The van der Waals surface area contributed by atoms with Crippen LogP contribution in [0.5, 0.6) is 0 Å². The third-order valence-electron chi connectivity index (χ3n) is 3.42. The van der Waals surface area contributed by atoms with Crippen LogP contribution in [0.4, 0.5) is 13.2 Å². The fourth-order valence-electron chi connectivity index (χ4n) is 2.36. The molecule has 1 heterocycles. The molecule has 0 saturated carbocycles. The molecule has 1 saturated heterocycles. The van der Waals surface area contributed by atoms with Crippen molar-refractivity contribution in [1.82, 2.24) is 4.31 Å². The number of halogens is 3. The molecule has 1 aromatic carbocycles. The summed E-state index contributed by atoms with van der Waals surface area (Å²) in [7, 11) is -4.22. The monoisotopic (exact) mass is 318 g/mol. The minimum Gasteiger partial charge on any atom is -0.207 e. The van der Waals surface area contributed by atoms with E-state index in [4.69, 9.17) is 5.26 Å². The van der Waals surface area contributed by atoms with E-state index in [9.17, 15) is 21.6 Å². The second-order valence-corrected chi connectivity index (χ2v) is 6.70. The van der Waals surface area contributed by atoms with E-state index in [1.807, 2.05) is 6.07 Å². The Hall–Kier alpha value is -1.59. The Kier molecular flexibility index (Phi) is 4.25. The lowest BCUT2D eigenvalue weighted by atomic mass is 10.0.